The van der Waals surface area contributed by atoms with Crippen LogP contribution >= 0.6 is 0 Å². The molecule has 7 heteroatoms. The lowest BCUT2D eigenvalue weighted by Gasteiger charge is -2.16. The molecule has 0 spiro atoms. The fourth-order valence-corrected chi connectivity index (χ4v) is 4.34. The molecule has 3 rings (SSSR count). The quantitative estimate of drug-likeness (QED) is 0.582. The van der Waals surface area contributed by atoms with Gasteiger partial charge in [0, 0.05) is 5.56 Å². The summed E-state index contributed by atoms with van der Waals surface area (Å²) in [4.78, 5) is 24.5. The Labute approximate surface area is 175 Å². The van der Waals surface area contributed by atoms with Crippen molar-refractivity contribution in [2.75, 3.05) is 5.75 Å². The van der Waals surface area contributed by atoms with Gasteiger partial charge in [-0.2, -0.15) is 0 Å². The zero-order valence-electron chi connectivity index (χ0n) is 16.2. The highest BCUT2D eigenvalue weighted by atomic mass is 32.2. The van der Waals surface area contributed by atoms with Crippen LogP contribution in [0.25, 0.3) is 11.1 Å². The van der Waals surface area contributed by atoms with E-state index >= 15 is 0 Å². The van der Waals surface area contributed by atoms with Crippen molar-refractivity contribution in [2.24, 2.45) is 5.73 Å². The fourth-order valence-electron chi connectivity index (χ4n) is 2.99. The summed E-state index contributed by atoms with van der Waals surface area (Å²) >= 11 is 0. The molecule has 3 N–H and O–H groups in total. The molecule has 0 unspecified atom stereocenters. The molecule has 0 saturated heterocycles. The molecule has 0 aliphatic heterocycles. The summed E-state index contributed by atoms with van der Waals surface area (Å²) in [6.45, 7) is 0. The van der Waals surface area contributed by atoms with E-state index in [9.17, 15) is 18.0 Å². The number of carbonyl (C=O) groups excluding carboxylic acids is 2. The first-order valence-corrected chi connectivity index (χ1v) is 11.1. The Hall–Kier alpha value is -3.45. The van der Waals surface area contributed by atoms with E-state index in [-0.39, 0.29) is 17.1 Å². The normalized spacial score (nSPS) is 12.1. The number of carbonyl (C=O) groups is 2. The summed E-state index contributed by atoms with van der Waals surface area (Å²) in [6.07, 6.45) is -0.111. The number of hydrogen-bond acceptors (Lipinski definition) is 4. The average Bonchev–Trinajstić information content (AvgIpc) is 2.77. The first-order valence-electron chi connectivity index (χ1n) is 9.40. The van der Waals surface area contributed by atoms with Crippen LogP contribution in [0.3, 0.4) is 0 Å². The molecule has 0 heterocycles. The number of sulfone groups is 1. The predicted molar refractivity (Wildman–Crippen MR) is 115 cm³/mol. The molecule has 3 aromatic carbocycles. The van der Waals surface area contributed by atoms with Gasteiger partial charge in [0.2, 0.25) is 5.91 Å². The number of benzene rings is 3. The van der Waals surface area contributed by atoms with E-state index in [4.69, 9.17) is 5.73 Å². The summed E-state index contributed by atoms with van der Waals surface area (Å²) in [7, 11) is -3.58. The maximum Gasteiger partial charge on any atom is 0.251 e. The Morgan fingerprint density at radius 1 is 0.800 bits per heavy atom. The van der Waals surface area contributed by atoms with Gasteiger partial charge in [-0.25, -0.2) is 8.42 Å². The molecule has 0 bridgehead atoms. The Bertz CT molecular complexity index is 1110. The Kier molecular flexibility index (Phi) is 6.64. The SMILES string of the molecule is NC(=O)[C@H](CCS(=O)(=O)c1ccccc1)NC(=O)c1ccc(-c2ccccc2)cc1. The average molecular weight is 423 g/mol. The van der Waals surface area contributed by atoms with Crippen LogP contribution in [0.15, 0.2) is 89.8 Å². The highest BCUT2D eigenvalue weighted by Gasteiger charge is 2.23. The summed E-state index contributed by atoms with van der Waals surface area (Å²) in [6, 6.07) is 23.5. The van der Waals surface area contributed by atoms with Gasteiger partial charge in [0.25, 0.3) is 5.91 Å². The third-order valence-electron chi connectivity index (χ3n) is 4.68. The van der Waals surface area contributed by atoms with Gasteiger partial charge >= 0.3 is 0 Å². The fraction of sp³-hybridized carbons (Fsp3) is 0.130. The highest BCUT2D eigenvalue weighted by Crippen LogP contribution is 2.19. The van der Waals surface area contributed by atoms with Gasteiger partial charge < -0.3 is 11.1 Å². The molecule has 0 radical (unpaired) electrons. The molecule has 6 nitrogen and oxygen atoms in total. The molecule has 0 saturated carbocycles. The Morgan fingerprint density at radius 3 is 1.90 bits per heavy atom. The zero-order chi connectivity index (χ0) is 21.6. The number of hydrogen-bond donors (Lipinski definition) is 2. The molecule has 2 amide bonds. The van der Waals surface area contributed by atoms with Gasteiger partial charge in [-0.3, -0.25) is 9.59 Å². The third-order valence-corrected chi connectivity index (χ3v) is 6.44. The van der Waals surface area contributed by atoms with Crippen molar-refractivity contribution in [1.29, 1.82) is 0 Å². The second-order valence-corrected chi connectivity index (χ2v) is 8.90. The molecule has 154 valence electrons. The van der Waals surface area contributed by atoms with Crippen LogP contribution in [0.4, 0.5) is 0 Å². The van der Waals surface area contributed by atoms with Crippen LogP contribution in [-0.4, -0.2) is 32.0 Å². The summed E-state index contributed by atoms with van der Waals surface area (Å²) in [5.41, 5.74) is 7.71. The van der Waals surface area contributed by atoms with Gasteiger partial charge in [0.15, 0.2) is 9.84 Å². The van der Waals surface area contributed by atoms with Crippen molar-refractivity contribution in [3.05, 3.63) is 90.5 Å². The molecule has 0 aromatic heterocycles. The third kappa shape index (κ3) is 5.33. The van der Waals surface area contributed by atoms with E-state index in [1.54, 1.807) is 30.3 Å². The van der Waals surface area contributed by atoms with Gasteiger partial charge in [-0.1, -0.05) is 60.7 Å². The highest BCUT2D eigenvalue weighted by molar-refractivity contribution is 7.91. The zero-order valence-corrected chi connectivity index (χ0v) is 17.0. The maximum atomic E-state index is 12.5. The molecule has 0 aliphatic rings. The summed E-state index contributed by atoms with van der Waals surface area (Å²) in [5, 5.41) is 2.54. The number of primary amides is 1. The van der Waals surface area contributed by atoms with Crippen molar-refractivity contribution in [3.63, 3.8) is 0 Å². The van der Waals surface area contributed by atoms with E-state index < -0.39 is 27.7 Å². The summed E-state index contributed by atoms with van der Waals surface area (Å²) in [5.74, 6) is -1.58. The monoisotopic (exact) mass is 422 g/mol. The topological polar surface area (TPSA) is 106 Å². The first kappa shape index (κ1) is 21.3. The maximum absolute atomic E-state index is 12.5. The van der Waals surface area contributed by atoms with Crippen LogP contribution in [-0.2, 0) is 14.6 Å². The Balaban J connectivity index is 1.66. The van der Waals surface area contributed by atoms with E-state index in [0.29, 0.717) is 5.56 Å². The van der Waals surface area contributed by atoms with Crippen LogP contribution in [0.5, 0.6) is 0 Å². The van der Waals surface area contributed by atoms with Gasteiger partial charge in [0.05, 0.1) is 10.6 Å². The van der Waals surface area contributed by atoms with E-state index in [1.165, 1.54) is 12.1 Å². The van der Waals surface area contributed by atoms with Gasteiger partial charge in [-0.15, -0.1) is 0 Å². The van der Waals surface area contributed by atoms with Crippen LogP contribution in [0.2, 0.25) is 0 Å². The molecular formula is C23H22N2O4S. The van der Waals surface area contributed by atoms with Crippen LogP contribution in [0.1, 0.15) is 16.8 Å². The lowest BCUT2D eigenvalue weighted by molar-refractivity contribution is -0.119. The first-order chi connectivity index (χ1) is 14.4. The number of nitrogens with one attached hydrogen (secondary N) is 1. The van der Waals surface area contributed by atoms with Gasteiger partial charge in [-0.05, 0) is 41.8 Å². The van der Waals surface area contributed by atoms with Crippen molar-refractivity contribution in [2.45, 2.75) is 17.4 Å². The van der Waals surface area contributed by atoms with Gasteiger partial charge in [0.1, 0.15) is 6.04 Å². The minimum absolute atomic E-state index is 0.111. The second-order valence-electron chi connectivity index (χ2n) is 6.79. The van der Waals surface area contributed by atoms with Crippen molar-refractivity contribution < 1.29 is 18.0 Å². The van der Waals surface area contributed by atoms with E-state index in [1.807, 2.05) is 42.5 Å². The minimum Gasteiger partial charge on any atom is -0.368 e. The molecule has 0 aliphatic carbocycles. The Morgan fingerprint density at radius 2 is 1.33 bits per heavy atom. The number of rotatable bonds is 8. The number of amides is 2. The van der Waals surface area contributed by atoms with E-state index in [0.717, 1.165) is 11.1 Å². The summed E-state index contributed by atoms with van der Waals surface area (Å²) < 4.78 is 24.8. The smallest absolute Gasteiger partial charge is 0.251 e. The lowest BCUT2D eigenvalue weighted by Crippen LogP contribution is -2.45. The molecule has 3 aromatic rings. The van der Waals surface area contributed by atoms with Crippen LogP contribution in [0, 0.1) is 0 Å². The molecule has 0 fully saturated rings. The largest absolute Gasteiger partial charge is 0.368 e. The molecular weight excluding hydrogens is 400 g/mol. The van der Waals surface area contributed by atoms with E-state index in [2.05, 4.69) is 5.32 Å². The van der Waals surface area contributed by atoms with Crippen molar-refractivity contribution >= 4 is 21.7 Å². The molecule has 1 atom stereocenters. The van der Waals surface area contributed by atoms with Crippen molar-refractivity contribution in [1.82, 2.24) is 5.32 Å². The van der Waals surface area contributed by atoms with Crippen LogP contribution < -0.4 is 11.1 Å². The predicted octanol–water partition coefficient (Wildman–Crippen LogP) is 2.80. The molecule has 30 heavy (non-hydrogen) atoms. The number of nitrogens with two attached hydrogens (primary N) is 1. The second kappa shape index (κ2) is 9.37. The lowest BCUT2D eigenvalue weighted by atomic mass is 10.0. The minimum atomic E-state index is -3.58. The van der Waals surface area contributed by atoms with Crippen molar-refractivity contribution in [3.8, 4) is 11.1 Å². The standard InChI is InChI=1S/C23H22N2O4S/c24-22(26)21(15-16-30(28,29)20-9-5-2-6-10-20)25-23(27)19-13-11-18(12-14-19)17-7-3-1-4-8-17/h1-14,21H,15-16H2,(H2,24,26)(H,25,27)/t21-/m0/s1.